The number of rotatable bonds is 4. The first-order valence-electron chi connectivity index (χ1n) is 5.52. The van der Waals surface area contributed by atoms with Crippen LogP contribution >= 0.6 is 0 Å². The molecular formula is C12H24F2. The van der Waals surface area contributed by atoms with Gasteiger partial charge in [-0.2, -0.15) is 0 Å². The molecule has 0 amide bonds. The Labute approximate surface area is 87.1 Å². The van der Waals surface area contributed by atoms with Crippen molar-refractivity contribution in [1.29, 1.82) is 0 Å². The minimum atomic E-state index is -2.41. The van der Waals surface area contributed by atoms with Crippen LogP contribution in [0, 0.1) is 5.92 Å². The largest absolute Gasteiger partial charge is 0.247 e. The first-order valence-corrected chi connectivity index (χ1v) is 5.52. The van der Waals surface area contributed by atoms with Crippen LogP contribution in [0.2, 0.25) is 0 Å². The molecule has 0 aromatic heterocycles. The van der Waals surface area contributed by atoms with Crippen LogP contribution in [0.3, 0.4) is 0 Å². The predicted octanol–water partition coefficient (Wildman–Crippen LogP) is 5.03. The van der Waals surface area contributed by atoms with Crippen molar-refractivity contribution >= 4 is 0 Å². The minimum absolute atomic E-state index is 0. The molecule has 1 aliphatic rings. The molecule has 0 atom stereocenters. The average molecular weight is 206 g/mol. The highest BCUT2D eigenvalue weighted by molar-refractivity contribution is 4.70. The topological polar surface area (TPSA) is 0 Å². The standard InChI is InChI=1S/C11H20F2.CH4/c1-2-11(12,13)9-8-10-6-4-3-5-7-10;/h10H,2-9H2,1H3;1H4. The van der Waals surface area contributed by atoms with Gasteiger partial charge in [0.15, 0.2) is 0 Å². The quantitative estimate of drug-likeness (QED) is 0.605. The SMILES string of the molecule is C.CCC(F)(F)CCC1CCCCC1. The molecule has 0 radical (unpaired) electrons. The molecule has 86 valence electrons. The van der Waals surface area contributed by atoms with Crippen molar-refractivity contribution in [3.05, 3.63) is 0 Å². The summed E-state index contributed by atoms with van der Waals surface area (Å²) < 4.78 is 25.8. The van der Waals surface area contributed by atoms with E-state index in [1.807, 2.05) is 0 Å². The van der Waals surface area contributed by atoms with Crippen LogP contribution in [0.1, 0.15) is 65.7 Å². The summed E-state index contributed by atoms with van der Waals surface area (Å²) in [4.78, 5) is 0. The van der Waals surface area contributed by atoms with E-state index in [0.29, 0.717) is 5.92 Å². The van der Waals surface area contributed by atoms with E-state index in [9.17, 15) is 8.78 Å². The van der Waals surface area contributed by atoms with E-state index in [4.69, 9.17) is 0 Å². The zero-order valence-electron chi connectivity index (χ0n) is 8.49. The van der Waals surface area contributed by atoms with Gasteiger partial charge >= 0.3 is 0 Å². The van der Waals surface area contributed by atoms with Crippen molar-refractivity contribution in [2.75, 3.05) is 0 Å². The fourth-order valence-corrected chi connectivity index (χ4v) is 2.07. The van der Waals surface area contributed by atoms with Gasteiger partial charge in [0.05, 0.1) is 0 Å². The summed E-state index contributed by atoms with van der Waals surface area (Å²) in [7, 11) is 0. The lowest BCUT2D eigenvalue weighted by molar-refractivity contribution is -0.0182. The van der Waals surface area contributed by atoms with Crippen molar-refractivity contribution in [2.24, 2.45) is 5.92 Å². The molecule has 0 bridgehead atoms. The molecule has 0 aromatic carbocycles. The van der Waals surface area contributed by atoms with E-state index >= 15 is 0 Å². The lowest BCUT2D eigenvalue weighted by atomic mass is 9.85. The van der Waals surface area contributed by atoms with E-state index in [2.05, 4.69) is 0 Å². The highest BCUT2D eigenvalue weighted by atomic mass is 19.3. The zero-order valence-corrected chi connectivity index (χ0v) is 8.49. The third kappa shape index (κ3) is 4.92. The van der Waals surface area contributed by atoms with Crippen LogP contribution in [0.5, 0.6) is 0 Å². The number of alkyl halides is 2. The van der Waals surface area contributed by atoms with E-state index in [1.54, 1.807) is 6.92 Å². The molecule has 14 heavy (non-hydrogen) atoms. The van der Waals surface area contributed by atoms with Gasteiger partial charge in [-0.1, -0.05) is 46.5 Å². The maximum absolute atomic E-state index is 12.9. The third-order valence-electron chi connectivity index (χ3n) is 3.16. The number of halogens is 2. The van der Waals surface area contributed by atoms with Crippen molar-refractivity contribution in [1.82, 2.24) is 0 Å². The summed E-state index contributed by atoms with van der Waals surface area (Å²) in [5, 5.41) is 0. The molecule has 2 heteroatoms. The molecule has 1 saturated carbocycles. The molecule has 1 rings (SSSR count). The average Bonchev–Trinajstić information content (AvgIpc) is 2.17. The molecule has 1 aliphatic carbocycles. The molecule has 0 heterocycles. The summed E-state index contributed by atoms with van der Waals surface area (Å²) in [6.07, 6.45) is 7.01. The van der Waals surface area contributed by atoms with Gasteiger partial charge in [0, 0.05) is 12.8 Å². The van der Waals surface area contributed by atoms with E-state index in [0.717, 1.165) is 6.42 Å². The summed E-state index contributed by atoms with van der Waals surface area (Å²) >= 11 is 0. The van der Waals surface area contributed by atoms with Crippen molar-refractivity contribution < 1.29 is 8.78 Å². The molecular weight excluding hydrogens is 182 g/mol. The molecule has 0 unspecified atom stereocenters. The Kier molecular flexibility index (Phi) is 6.30. The van der Waals surface area contributed by atoms with E-state index in [-0.39, 0.29) is 20.3 Å². The second-order valence-corrected chi connectivity index (χ2v) is 4.25. The second kappa shape index (κ2) is 6.36. The van der Waals surface area contributed by atoms with Crippen LogP contribution < -0.4 is 0 Å². The van der Waals surface area contributed by atoms with Crippen LogP contribution in [-0.4, -0.2) is 5.92 Å². The molecule has 0 aliphatic heterocycles. The zero-order chi connectivity index (χ0) is 9.73. The first kappa shape index (κ1) is 13.9. The molecule has 0 aromatic rings. The van der Waals surface area contributed by atoms with Crippen LogP contribution in [0.15, 0.2) is 0 Å². The highest BCUT2D eigenvalue weighted by Gasteiger charge is 2.27. The van der Waals surface area contributed by atoms with E-state index < -0.39 is 5.92 Å². The van der Waals surface area contributed by atoms with Crippen LogP contribution in [-0.2, 0) is 0 Å². The normalized spacial score (nSPS) is 19.1. The van der Waals surface area contributed by atoms with Gasteiger partial charge in [-0.15, -0.1) is 0 Å². The summed E-state index contributed by atoms with van der Waals surface area (Å²) in [5.41, 5.74) is 0. The van der Waals surface area contributed by atoms with Gasteiger partial charge < -0.3 is 0 Å². The Morgan fingerprint density at radius 3 is 2.21 bits per heavy atom. The molecule has 0 nitrogen and oxygen atoms in total. The highest BCUT2D eigenvalue weighted by Crippen LogP contribution is 2.32. The molecule has 0 saturated heterocycles. The Hall–Kier alpha value is -0.140. The Balaban J connectivity index is 0.00000169. The maximum atomic E-state index is 12.9. The lowest BCUT2D eigenvalue weighted by Crippen LogP contribution is -2.17. The molecule has 0 spiro atoms. The van der Waals surface area contributed by atoms with Gasteiger partial charge in [-0.05, 0) is 12.3 Å². The predicted molar refractivity (Wildman–Crippen MR) is 57.8 cm³/mol. The second-order valence-electron chi connectivity index (χ2n) is 4.25. The summed E-state index contributed by atoms with van der Waals surface area (Å²) in [6.45, 7) is 1.57. The molecule has 0 N–H and O–H groups in total. The summed E-state index contributed by atoms with van der Waals surface area (Å²) in [6, 6.07) is 0. The number of hydrogen-bond acceptors (Lipinski definition) is 0. The van der Waals surface area contributed by atoms with E-state index in [1.165, 1.54) is 32.1 Å². The minimum Gasteiger partial charge on any atom is -0.207 e. The summed E-state index contributed by atoms with van der Waals surface area (Å²) in [5.74, 6) is -1.82. The Morgan fingerprint density at radius 2 is 1.71 bits per heavy atom. The Bertz CT molecular complexity index is 137. The fourth-order valence-electron chi connectivity index (χ4n) is 2.07. The molecule has 1 fully saturated rings. The monoisotopic (exact) mass is 206 g/mol. The fraction of sp³-hybridized carbons (Fsp3) is 1.00. The maximum Gasteiger partial charge on any atom is 0.247 e. The van der Waals surface area contributed by atoms with Gasteiger partial charge in [0.1, 0.15) is 0 Å². The van der Waals surface area contributed by atoms with Gasteiger partial charge in [-0.3, -0.25) is 0 Å². The van der Waals surface area contributed by atoms with Crippen molar-refractivity contribution in [3.8, 4) is 0 Å². The van der Waals surface area contributed by atoms with Crippen LogP contribution in [0.4, 0.5) is 8.78 Å². The van der Waals surface area contributed by atoms with Crippen molar-refractivity contribution in [2.45, 2.75) is 71.6 Å². The third-order valence-corrected chi connectivity index (χ3v) is 3.16. The van der Waals surface area contributed by atoms with Gasteiger partial charge in [0.2, 0.25) is 5.92 Å². The van der Waals surface area contributed by atoms with Crippen LogP contribution in [0.25, 0.3) is 0 Å². The smallest absolute Gasteiger partial charge is 0.207 e. The van der Waals surface area contributed by atoms with Gasteiger partial charge in [0.25, 0.3) is 0 Å². The van der Waals surface area contributed by atoms with Crippen molar-refractivity contribution in [3.63, 3.8) is 0 Å². The first-order chi connectivity index (χ1) is 6.14. The van der Waals surface area contributed by atoms with Gasteiger partial charge in [-0.25, -0.2) is 8.78 Å². The lowest BCUT2D eigenvalue weighted by Gasteiger charge is -2.23. The number of hydrogen-bond donors (Lipinski definition) is 0. The Morgan fingerprint density at radius 1 is 1.14 bits per heavy atom.